The number of piperidine rings is 1. The number of likely N-dealkylation sites (tertiary alicyclic amines) is 1. The first-order chi connectivity index (χ1) is 13.6. The van der Waals surface area contributed by atoms with Gasteiger partial charge in [0.25, 0.3) is 5.69 Å². The number of thiocarbonyl (C=S) groups is 1. The van der Waals surface area contributed by atoms with E-state index in [-0.39, 0.29) is 5.69 Å². The van der Waals surface area contributed by atoms with Gasteiger partial charge in [0.15, 0.2) is 5.11 Å². The molecule has 2 aromatic rings. The van der Waals surface area contributed by atoms with Gasteiger partial charge in [-0.15, -0.1) is 0 Å². The number of benzene rings is 2. The maximum Gasteiger partial charge on any atom is 0.271 e. The van der Waals surface area contributed by atoms with Gasteiger partial charge in [-0.05, 0) is 62.1 Å². The topological polar surface area (TPSA) is 70.4 Å². The van der Waals surface area contributed by atoms with Crippen LogP contribution in [0.4, 0.5) is 11.4 Å². The third-order valence-corrected chi connectivity index (χ3v) is 5.36. The fourth-order valence-corrected chi connectivity index (χ4v) is 3.76. The minimum Gasteiger partial charge on any atom is -0.362 e. The van der Waals surface area contributed by atoms with Gasteiger partial charge in [0.1, 0.15) is 0 Å². The van der Waals surface area contributed by atoms with Crippen LogP contribution in [0.25, 0.3) is 0 Å². The monoisotopic (exact) mass is 398 g/mol. The van der Waals surface area contributed by atoms with Crippen molar-refractivity contribution in [1.82, 2.24) is 10.2 Å². The molecule has 0 saturated carbocycles. The van der Waals surface area contributed by atoms with Crippen LogP contribution in [0.1, 0.15) is 24.8 Å². The number of hydrogen-bond donors (Lipinski definition) is 2. The van der Waals surface area contributed by atoms with Crippen LogP contribution >= 0.6 is 12.2 Å². The van der Waals surface area contributed by atoms with Gasteiger partial charge in [-0.25, -0.2) is 0 Å². The zero-order valence-corrected chi connectivity index (χ0v) is 16.7. The molecule has 1 fully saturated rings. The van der Waals surface area contributed by atoms with Crippen LogP contribution in [0.5, 0.6) is 0 Å². The molecule has 0 aliphatic carbocycles. The summed E-state index contributed by atoms with van der Waals surface area (Å²) in [5, 5.41) is 17.6. The second-order valence-electron chi connectivity index (χ2n) is 7.18. The lowest BCUT2D eigenvalue weighted by Gasteiger charge is -2.32. The van der Waals surface area contributed by atoms with Crippen LogP contribution in [0.15, 0.2) is 54.6 Å². The molecule has 0 bridgehead atoms. The Morgan fingerprint density at radius 3 is 2.61 bits per heavy atom. The van der Waals surface area contributed by atoms with Crippen LogP contribution in [-0.4, -0.2) is 34.6 Å². The van der Waals surface area contributed by atoms with Gasteiger partial charge in [0.05, 0.1) is 4.92 Å². The number of rotatable bonds is 7. The lowest BCUT2D eigenvalue weighted by atomic mass is 9.93. The average Bonchev–Trinajstić information content (AvgIpc) is 2.70. The van der Waals surface area contributed by atoms with E-state index >= 15 is 0 Å². The highest BCUT2D eigenvalue weighted by molar-refractivity contribution is 7.80. The predicted molar refractivity (Wildman–Crippen MR) is 116 cm³/mol. The largest absolute Gasteiger partial charge is 0.362 e. The summed E-state index contributed by atoms with van der Waals surface area (Å²) in [6, 6.07) is 17.0. The average molecular weight is 399 g/mol. The van der Waals surface area contributed by atoms with E-state index in [9.17, 15) is 10.1 Å². The number of non-ortho nitro benzene ring substituents is 1. The van der Waals surface area contributed by atoms with Crippen molar-refractivity contribution in [2.45, 2.75) is 25.8 Å². The Morgan fingerprint density at radius 1 is 1.14 bits per heavy atom. The van der Waals surface area contributed by atoms with E-state index in [1.165, 1.54) is 30.5 Å². The SMILES string of the molecule is O=[N+]([O-])c1cccc(NC(=S)NCCC2CCN(Cc3ccccc3)CC2)c1. The summed E-state index contributed by atoms with van der Waals surface area (Å²) in [7, 11) is 0. The predicted octanol–water partition coefficient (Wildman–Crippen LogP) is 4.18. The molecular formula is C21H26N4O2S. The van der Waals surface area contributed by atoms with E-state index in [2.05, 4.69) is 45.9 Å². The number of anilines is 1. The van der Waals surface area contributed by atoms with Crippen LogP contribution in [-0.2, 0) is 6.54 Å². The molecule has 3 rings (SSSR count). The molecule has 1 aliphatic rings. The zero-order chi connectivity index (χ0) is 19.8. The van der Waals surface area contributed by atoms with Crippen molar-refractivity contribution in [3.05, 3.63) is 70.3 Å². The van der Waals surface area contributed by atoms with Crippen molar-refractivity contribution >= 4 is 28.7 Å². The first kappa shape index (κ1) is 20.2. The van der Waals surface area contributed by atoms with E-state index in [4.69, 9.17) is 12.2 Å². The van der Waals surface area contributed by atoms with Gasteiger partial charge in [0, 0.05) is 30.9 Å². The second kappa shape index (κ2) is 10.1. The molecule has 0 amide bonds. The summed E-state index contributed by atoms with van der Waals surface area (Å²) in [6.45, 7) is 4.11. The van der Waals surface area contributed by atoms with Crippen molar-refractivity contribution in [3.63, 3.8) is 0 Å². The van der Waals surface area contributed by atoms with E-state index in [0.717, 1.165) is 32.6 Å². The van der Waals surface area contributed by atoms with E-state index in [1.807, 2.05) is 0 Å². The van der Waals surface area contributed by atoms with Crippen molar-refractivity contribution in [2.24, 2.45) is 5.92 Å². The van der Waals surface area contributed by atoms with Gasteiger partial charge in [0.2, 0.25) is 0 Å². The number of nitro benzene ring substituents is 1. The lowest BCUT2D eigenvalue weighted by molar-refractivity contribution is -0.384. The maximum absolute atomic E-state index is 10.8. The van der Waals surface area contributed by atoms with Gasteiger partial charge in [-0.3, -0.25) is 15.0 Å². The third-order valence-electron chi connectivity index (χ3n) is 5.11. The molecule has 28 heavy (non-hydrogen) atoms. The molecule has 1 heterocycles. The molecule has 2 N–H and O–H groups in total. The van der Waals surface area contributed by atoms with Crippen LogP contribution in [0.3, 0.4) is 0 Å². The third kappa shape index (κ3) is 6.28. The number of hydrogen-bond acceptors (Lipinski definition) is 4. The molecule has 1 saturated heterocycles. The Labute approximate surface area is 171 Å². The first-order valence-electron chi connectivity index (χ1n) is 9.66. The van der Waals surface area contributed by atoms with Gasteiger partial charge >= 0.3 is 0 Å². The van der Waals surface area contributed by atoms with Crippen molar-refractivity contribution < 1.29 is 4.92 Å². The van der Waals surface area contributed by atoms with Crippen LogP contribution < -0.4 is 10.6 Å². The fourth-order valence-electron chi connectivity index (χ4n) is 3.54. The highest BCUT2D eigenvalue weighted by Crippen LogP contribution is 2.21. The van der Waals surface area contributed by atoms with Gasteiger partial charge in [-0.1, -0.05) is 36.4 Å². The molecule has 0 spiro atoms. The molecule has 0 atom stereocenters. The Hall–Kier alpha value is -2.51. The molecule has 0 radical (unpaired) electrons. The Bertz CT molecular complexity index is 792. The standard InChI is InChI=1S/C21H26N4O2S/c26-25(27)20-8-4-7-19(15-20)23-21(28)22-12-9-17-10-13-24(14-11-17)16-18-5-2-1-3-6-18/h1-8,15,17H,9-14,16H2,(H2,22,23,28). The molecule has 0 unspecified atom stereocenters. The molecule has 0 aromatic heterocycles. The van der Waals surface area contributed by atoms with Gasteiger partial charge in [-0.2, -0.15) is 0 Å². The van der Waals surface area contributed by atoms with E-state index in [0.29, 0.717) is 16.7 Å². The van der Waals surface area contributed by atoms with Crippen molar-refractivity contribution in [3.8, 4) is 0 Å². The highest BCUT2D eigenvalue weighted by Gasteiger charge is 2.19. The van der Waals surface area contributed by atoms with Crippen LogP contribution in [0.2, 0.25) is 0 Å². The van der Waals surface area contributed by atoms with Crippen molar-refractivity contribution in [1.29, 1.82) is 0 Å². The Kier molecular flexibility index (Phi) is 7.33. The van der Waals surface area contributed by atoms with E-state index in [1.54, 1.807) is 12.1 Å². The van der Waals surface area contributed by atoms with Crippen molar-refractivity contribution in [2.75, 3.05) is 25.0 Å². The first-order valence-corrected chi connectivity index (χ1v) is 10.1. The maximum atomic E-state index is 10.8. The molecular weight excluding hydrogens is 372 g/mol. The van der Waals surface area contributed by atoms with Gasteiger partial charge < -0.3 is 10.6 Å². The fraction of sp³-hybridized carbons (Fsp3) is 0.381. The molecule has 2 aromatic carbocycles. The summed E-state index contributed by atoms with van der Waals surface area (Å²) in [4.78, 5) is 12.9. The summed E-state index contributed by atoms with van der Waals surface area (Å²) >= 11 is 5.30. The number of nitro groups is 1. The minimum absolute atomic E-state index is 0.0510. The number of nitrogens with zero attached hydrogens (tertiary/aromatic N) is 2. The summed E-state index contributed by atoms with van der Waals surface area (Å²) in [5.74, 6) is 0.708. The summed E-state index contributed by atoms with van der Waals surface area (Å²) in [6.07, 6.45) is 3.50. The molecule has 148 valence electrons. The minimum atomic E-state index is -0.411. The Balaban J connectivity index is 1.34. The smallest absolute Gasteiger partial charge is 0.271 e. The lowest BCUT2D eigenvalue weighted by Crippen LogP contribution is -2.35. The summed E-state index contributed by atoms with van der Waals surface area (Å²) < 4.78 is 0. The second-order valence-corrected chi connectivity index (χ2v) is 7.59. The van der Waals surface area contributed by atoms with E-state index < -0.39 is 4.92 Å². The quantitative estimate of drug-likeness (QED) is 0.414. The number of nitrogens with one attached hydrogen (secondary N) is 2. The van der Waals surface area contributed by atoms with Crippen LogP contribution in [0, 0.1) is 16.0 Å². The highest BCUT2D eigenvalue weighted by atomic mass is 32.1. The normalized spacial score (nSPS) is 15.1. The zero-order valence-electron chi connectivity index (χ0n) is 15.8. The molecule has 7 heteroatoms. The summed E-state index contributed by atoms with van der Waals surface area (Å²) in [5.41, 5.74) is 2.05. The molecule has 6 nitrogen and oxygen atoms in total. The Morgan fingerprint density at radius 2 is 1.89 bits per heavy atom. The molecule has 1 aliphatic heterocycles.